The normalized spacial score (nSPS) is 11.5. The van der Waals surface area contributed by atoms with E-state index in [9.17, 15) is 18.8 Å². The van der Waals surface area contributed by atoms with Crippen molar-refractivity contribution in [1.29, 1.82) is 0 Å². The summed E-state index contributed by atoms with van der Waals surface area (Å²) in [6.45, 7) is 1.89. The van der Waals surface area contributed by atoms with Gasteiger partial charge in [-0.1, -0.05) is 13.3 Å². The molecule has 0 aliphatic rings. The Bertz CT molecular complexity index is 531. The summed E-state index contributed by atoms with van der Waals surface area (Å²) in [7, 11) is 0. The summed E-state index contributed by atoms with van der Waals surface area (Å²) in [4.78, 5) is 34.2. The van der Waals surface area contributed by atoms with E-state index in [1.54, 1.807) is 0 Å². The lowest BCUT2D eigenvalue weighted by Gasteiger charge is -2.13. The molecule has 0 heterocycles. The molecule has 0 spiro atoms. The van der Waals surface area contributed by atoms with Crippen LogP contribution in [0.3, 0.4) is 0 Å². The van der Waals surface area contributed by atoms with E-state index in [4.69, 9.17) is 5.11 Å². The zero-order chi connectivity index (χ0) is 16.5. The second kappa shape index (κ2) is 8.76. The number of hydrogen-bond acceptors (Lipinski definition) is 3. The van der Waals surface area contributed by atoms with Crippen LogP contribution in [0.1, 0.15) is 36.5 Å². The third kappa shape index (κ3) is 5.90. The van der Waals surface area contributed by atoms with Crippen LogP contribution >= 0.6 is 0 Å². The highest BCUT2D eigenvalue weighted by Crippen LogP contribution is 2.02. The molecule has 2 amide bonds. The lowest BCUT2D eigenvalue weighted by atomic mass is 10.1. The van der Waals surface area contributed by atoms with E-state index < -0.39 is 29.6 Å². The monoisotopic (exact) mass is 310 g/mol. The Morgan fingerprint density at radius 3 is 2.41 bits per heavy atom. The average molecular weight is 310 g/mol. The van der Waals surface area contributed by atoms with E-state index in [0.717, 1.165) is 0 Å². The molecule has 1 aromatic carbocycles. The van der Waals surface area contributed by atoms with Crippen molar-refractivity contribution in [2.24, 2.45) is 0 Å². The van der Waals surface area contributed by atoms with Gasteiger partial charge in [0.1, 0.15) is 11.9 Å². The summed E-state index contributed by atoms with van der Waals surface area (Å²) in [5.41, 5.74) is 0.288. The number of rotatable bonds is 8. The fourth-order valence-corrected chi connectivity index (χ4v) is 1.81. The molecule has 0 radical (unpaired) electrons. The van der Waals surface area contributed by atoms with Gasteiger partial charge in [0.2, 0.25) is 5.91 Å². The summed E-state index contributed by atoms with van der Waals surface area (Å²) in [5.74, 6) is -2.38. The van der Waals surface area contributed by atoms with Crippen molar-refractivity contribution in [1.82, 2.24) is 10.6 Å². The topological polar surface area (TPSA) is 95.5 Å². The highest BCUT2D eigenvalue weighted by Gasteiger charge is 2.18. The SMILES string of the molecule is CCCC(NC(=O)CCNC(=O)c1ccc(F)cc1)C(=O)O. The Morgan fingerprint density at radius 1 is 1.23 bits per heavy atom. The van der Waals surface area contributed by atoms with Gasteiger partial charge < -0.3 is 15.7 Å². The zero-order valence-electron chi connectivity index (χ0n) is 12.3. The first-order valence-corrected chi connectivity index (χ1v) is 7.00. The van der Waals surface area contributed by atoms with E-state index in [1.165, 1.54) is 24.3 Å². The van der Waals surface area contributed by atoms with Gasteiger partial charge >= 0.3 is 5.97 Å². The maximum atomic E-state index is 12.7. The van der Waals surface area contributed by atoms with Crippen LogP contribution in [-0.2, 0) is 9.59 Å². The molecule has 1 aromatic rings. The molecule has 6 nitrogen and oxygen atoms in total. The summed E-state index contributed by atoms with van der Waals surface area (Å²) < 4.78 is 12.7. The first-order valence-electron chi connectivity index (χ1n) is 7.00. The molecule has 0 aliphatic carbocycles. The molecule has 7 heteroatoms. The van der Waals surface area contributed by atoms with Gasteiger partial charge in [-0.25, -0.2) is 9.18 Å². The molecule has 1 rings (SSSR count). The van der Waals surface area contributed by atoms with Crippen molar-refractivity contribution in [3.63, 3.8) is 0 Å². The Hall–Kier alpha value is -2.44. The highest BCUT2D eigenvalue weighted by atomic mass is 19.1. The highest BCUT2D eigenvalue weighted by molar-refractivity contribution is 5.94. The second-order valence-corrected chi connectivity index (χ2v) is 4.76. The van der Waals surface area contributed by atoms with E-state index in [1.807, 2.05) is 6.92 Å². The summed E-state index contributed by atoms with van der Waals surface area (Å²) in [6, 6.07) is 4.11. The number of carboxylic acids is 1. The smallest absolute Gasteiger partial charge is 0.326 e. The molecule has 0 saturated heterocycles. The van der Waals surface area contributed by atoms with Gasteiger partial charge in [-0.2, -0.15) is 0 Å². The van der Waals surface area contributed by atoms with Gasteiger partial charge in [-0.15, -0.1) is 0 Å². The van der Waals surface area contributed by atoms with Crippen LogP contribution in [0.5, 0.6) is 0 Å². The van der Waals surface area contributed by atoms with E-state index in [0.29, 0.717) is 12.8 Å². The molecule has 1 atom stereocenters. The third-order valence-electron chi connectivity index (χ3n) is 2.95. The number of carboxylic acid groups (broad SMARTS) is 1. The largest absolute Gasteiger partial charge is 0.480 e. The van der Waals surface area contributed by atoms with Crippen molar-refractivity contribution in [3.05, 3.63) is 35.6 Å². The van der Waals surface area contributed by atoms with Gasteiger partial charge in [0.05, 0.1) is 0 Å². The maximum Gasteiger partial charge on any atom is 0.326 e. The molecule has 1 unspecified atom stereocenters. The molecule has 3 N–H and O–H groups in total. The van der Waals surface area contributed by atoms with E-state index in [-0.39, 0.29) is 18.5 Å². The van der Waals surface area contributed by atoms with Crippen LogP contribution in [-0.4, -0.2) is 35.5 Å². The quantitative estimate of drug-likeness (QED) is 0.674. The first kappa shape index (κ1) is 17.6. The molecular weight excluding hydrogens is 291 g/mol. The number of hydrogen-bond donors (Lipinski definition) is 3. The molecule has 0 aliphatic heterocycles. The van der Waals surface area contributed by atoms with Crippen LogP contribution in [0.25, 0.3) is 0 Å². The molecule has 0 bridgehead atoms. The molecule has 0 fully saturated rings. The first-order chi connectivity index (χ1) is 10.4. The van der Waals surface area contributed by atoms with Crippen molar-refractivity contribution in [2.75, 3.05) is 6.54 Å². The minimum Gasteiger partial charge on any atom is -0.480 e. The standard InChI is InChI=1S/C15H19FN2O4/c1-2-3-12(15(21)22)18-13(19)8-9-17-14(20)10-4-6-11(16)7-5-10/h4-7,12H,2-3,8-9H2,1H3,(H,17,20)(H,18,19)(H,21,22). The second-order valence-electron chi connectivity index (χ2n) is 4.76. The summed E-state index contributed by atoms with van der Waals surface area (Å²) >= 11 is 0. The van der Waals surface area contributed by atoms with Crippen molar-refractivity contribution < 1.29 is 23.9 Å². The van der Waals surface area contributed by atoms with E-state index in [2.05, 4.69) is 10.6 Å². The minimum atomic E-state index is -1.08. The number of nitrogens with one attached hydrogen (secondary N) is 2. The molecular formula is C15H19FN2O4. The maximum absolute atomic E-state index is 12.7. The predicted molar refractivity (Wildman–Crippen MR) is 77.8 cm³/mol. The van der Waals surface area contributed by atoms with Gasteiger partial charge in [0.15, 0.2) is 0 Å². The van der Waals surface area contributed by atoms with E-state index >= 15 is 0 Å². The van der Waals surface area contributed by atoms with Crippen molar-refractivity contribution in [2.45, 2.75) is 32.2 Å². The summed E-state index contributed by atoms with van der Waals surface area (Å²) in [5, 5.41) is 13.8. The van der Waals surface area contributed by atoms with Crippen LogP contribution in [0.2, 0.25) is 0 Å². The Morgan fingerprint density at radius 2 is 1.86 bits per heavy atom. The number of carbonyl (C=O) groups excluding carboxylic acids is 2. The van der Waals surface area contributed by atoms with Crippen LogP contribution in [0, 0.1) is 5.82 Å². The van der Waals surface area contributed by atoms with Gasteiger partial charge in [0, 0.05) is 18.5 Å². The van der Waals surface area contributed by atoms with Crippen LogP contribution in [0.4, 0.5) is 4.39 Å². The van der Waals surface area contributed by atoms with Crippen molar-refractivity contribution >= 4 is 17.8 Å². The number of carbonyl (C=O) groups is 3. The zero-order valence-corrected chi connectivity index (χ0v) is 12.3. The molecule has 0 aromatic heterocycles. The predicted octanol–water partition coefficient (Wildman–Crippen LogP) is 1.32. The number of amides is 2. The lowest BCUT2D eigenvalue weighted by molar-refractivity contribution is -0.142. The fourth-order valence-electron chi connectivity index (χ4n) is 1.81. The molecule has 22 heavy (non-hydrogen) atoms. The van der Waals surface area contributed by atoms with Gasteiger partial charge in [-0.3, -0.25) is 9.59 Å². The Balaban J connectivity index is 2.36. The number of benzene rings is 1. The lowest BCUT2D eigenvalue weighted by Crippen LogP contribution is -2.41. The minimum absolute atomic E-state index is 0.0274. The molecule has 0 saturated carbocycles. The van der Waals surface area contributed by atoms with Gasteiger partial charge in [-0.05, 0) is 30.7 Å². The average Bonchev–Trinajstić information content (AvgIpc) is 2.47. The number of aliphatic carboxylic acids is 1. The fraction of sp³-hybridized carbons (Fsp3) is 0.400. The Labute approximate surface area is 127 Å². The van der Waals surface area contributed by atoms with Crippen LogP contribution in [0.15, 0.2) is 24.3 Å². The van der Waals surface area contributed by atoms with Crippen molar-refractivity contribution in [3.8, 4) is 0 Å². The van der Waals surface area contributed by atoms with Crippen LogP contribution < -0.4 is 10.6 Å². The van der Waals surface area contributed by atoms with Gasteiger partial charge in [0.25, 0.3) is 5.91 Å². The number of halogens is 1. The third-order valence-corrected chi connectivity index (χ3v) is 2.95. The molecule has 120 valence electrons. The summed E-state index contributed by atoms with van der Waals surface area (Å²) in [6.07, 6.45) is 0.960. The Kier molecular flexibility index (Phi) is 7.01.